The van der Waals surface area contributed by atoms with Gasteiger partial charge in [-0.25, -0.2) is 9.79 Å². The summed E-state index contributed by atoms with van der Waals surface area (Å²) in [6.45, 7) is 3.18. The van der Waals surface area contributed by atoms with E-state index in [2.05, 4.69) is 25.5 Å². The molecule has 0 saturated heterocycles. The minimum absolute atomic E-state index is 0.262. The first-order valence-electron chi connectivity index (χ1n) is 11.9. The summed E-state index contributed by atoms with van der Waals surface area (Å²) >= 11 is 0. The quantitative estimate of drug-likeness (QED) is 0.279. The van der Waals surface area contributed by atoms with Crippen LogP contribution in [0.5, 0.6) is 5.75 Å². The molecule has 0 radical (unpaired) electrons. The standard InChI is InChI=1S/C26H21F8N5O3/c1-15(16-3-12-21(35-13-16)24(27,28)29)41-22(40)37-18-6-4-17(5-7-18)23(2)36-14-39(38-23)19-8-10-20(11-9-19)42-26(33,34)25(30,31)32/h3-15,38H,1-2H3,(H,37,40). The third-order valence-corrected chi connectivity index (χ3v) is 5.98. The molecule has 3 aromatic rings. The van der Waals surface area contributed by atoms with Crippen molar-refractivity contribution in [3.63, 3.8) is 0 Å². The second-order valence-corrected chi connectivity index (χ2v) is 9.13. The van der Waals surface area contributed by atoms with Gasteiger partial charge in [-0.2, -0.15) is 40.5 Å². The maximum atomic E-state index is 13.1. The number of amides is 1. The van der Waals surface area contributed by atoms with Gasteiger partial charge in [0.25, 0.3) is 0 Å². The van der Waals surface area contributed by atoms with Crippen molar-refractivity contribution in [3.05, 3.63) is 83.7 Å². The van der Waals surface area contributed by atoms with Gasteiger partial charge in [0.2, 0.25) is 0 Å². The number of carbonyl (C=O) groups is 1. The predicted molar refractivity (Wildman–Crippen MR) is 134 cm³/mol. The molecule has 2 unspecified atom stereocenters. The number of hydrogen-bond donors (Lipinski definition) is 2. The molecule has 1 aliphatic heterocycles. The molecule has 1 aliphatic rings. The molecule has 8 nitrogen and oxygen atoms in total. The zero-order valence-electron chi connectivity index (χ0n) is 21.6. The molecule has 2 atom stereocenters. The van der Waals surface area contributed by atoms with E-state index in [4.69, 9.17) is 4.74 Å². The summed E-state index contributed by atoms with van der Waals surface area (Å²) in [5.41, 5.74) is 2.58. The molecule has 16 heteroatoms. The van der Waals surface area contributed by atoms with Crippen LogP contribution in [0.15, 0.2) is 71.9 Å². The van der Waals surface area contributed by atoms with E-state index in [1.807, 2.05) is 0 Å². The first-order chi connectivity index (χ1) is 19.5. The Morgan fingerprint density at radius 2 is 1.60 bits per heavy atom. The fourth-order valence-electron chi connectivity index (χ4n) is 3.68. The summed E-state index contributed by atoms with van der Waals surface area (Å²) in [6, 6.07) is 12.8. The average Bonchev–Trinajstić information content (AvgIpc) is 3.31. The fourth-order valence-corrected chi connectivity index (χ4v) is 3.68. The molecule has 2 N–H and O–H groups in total. The van der Waals surface area contributed by atoms with Crippen LogP contribution in [0.4, 0.5) is 51.3 Å². The van der Waals surface area contributed by atoms with E-state index in [0.717, 1.165) is 30.5 Å². The summed E-state index contributed by atoms with van der Waals surface area (Å²) in [6.07, 6.45) is -15.2. The van der Waals surface area contributed by atoms with E-state index in [-0.39, 0.29) is 5.56 Å². The first kappa shape index (κ1) is 30.5. The molecule has 0 aliphatic carbocycles. The molecule has 224 valence electrons. The SMILES string of the molecule is CC(OC(=O)Nc1ccc(C2(C)N=CN(c3ccc(OC(F)(F)C(F)(F)F)cc3)N2)cc1)c1ccc(C(F)(F)F)nc1. The van der Waals surface area contributed by atoms with Gasteiger partial charge in [-0.15, -0.1) is 0 Å². The van der Waals surface area contributed by atoms with Gasteiger partial charge in [0.05, 0.1) is 5.69 Å². The Balaban J connectivity index is 1.33. The van der Waals surface area contributed by atoms with Crippen molar-refractivity contribution >= 4 is 23.8 Å². The summed E-state index contributed by atoms with van der Waals surface area (Å²) in [5.74, 6) is -0.688. The van der Waals surface area contributed by atoms with Crippen LogP contribution in [0.25, 0.3) is 0 Å². The van der Waals surface area contributed by atoms with Crippen LogP contribution in [-0.2, 0) is 16.6 Å². The van der Waals surface area contributed by atoms with Gasteiger partial charge in [0.15, 0.2) is 5.66 Å². The normalized spacial score (nSPS) is 18.1. The molecule has 2 heterocycles. The van der Waals surface area contributed by atoms with Gasteiger partial charge >= 0.3 is 24.6 Å². The molecule has 0 spiro atoms. The van der Waals surface area contributed by atoms with E-state index < -0.39 is 47.8 Å². The van der Waals surface area contributed by atoms with Crippen LogP contribution < -0.4 is 20.5 Å². The smallest absolute Gasteiger partial charge is 0.441 e. The maximum Gasteiger partial charge on any atom is 0.499 e. The Kier molecular flexibility index (Phi) is 8.04. The molecule has 0 saturated carbocycles. The third kappa shape index (κ3) is 6.87. The predicted octanol–water partition coefficient (Wildman–Crippen LogP) is 7.17. The largest absolute Gasteiger partial charge is 0.499 e. The minimum Gasteiger partial charge on any atom is -0.441 e. The Morgan fingerprint density at radius 3 is 2.14 bits per heavy atom. The van der Waals surface area contributed by atoms with Crippen LogP contribution in [0.1, 0.15) is 36.8 Å². The van der Waals surface area contributed by atoms with Crippen molar-refractivity contribution in [3.8, 4) is 5.75 Å². The molecule has 2 aromatic carbocycles. The number of anilines is 2. The second-order valence-electron chi connectivity index (χ2n) is 9.13. The zero-order chi connectivity index (χ0) is 30.9. The van der Waals surface area contributed by atoms with Crippen molar-refractivity contribution in [2.24, 2.45) is 4.99 Å². The highest BCUT2D eigenvalue weighted by molar-refractivity contribution is 5.85. The average molecular weight is 603 g/mol. The van der Waals surface area contributed by atoms with E-state index in [0.29, 0.717) is 16.9 Å². The first-order valence-corrected chi connectivity index (χ1v) is 11.9. The van der Waals surface area contributed by atoms with E-state index in [1.54, 1.807) is 31.2 Å². The lowest BCUT2D eigenvalue weighted by Gasteiger charge is -2.26. The summed E-state index contributed by atoms with van der Waals surface area (Å²) in [5, 5.41) is 3.93. The van der Waals surface area contributed by atoms with Crippen molar-refractivity contribution in [2.75, 3.05) is 10.3 Å². The lowest BCUT2D eigenvalue weighted by molar-refractivity contribution is -0.360. The number of rotatable bonds is 7. The van der Waals surface area contributed by atoms with Gasteiger partial charge in [0, 0.05) is 17.4 Å². The molecular weight excluding hydrogens is 582 g/mol. The number of ether oxygens (including phenoxy) is 2. The van der Waals surface area contributed by atoms with Crippen LogP contribution in [0.3, 0.4) is 0 Å². The molecular formula is C26H21F8N5O3. The van der Waals surface area contributed by atoms with E-state index in [9.17, 15) is 39.9 Å². The highest BCUT2D eigenvalue weighted by Gasteiger charge is 2.61. The van der Waals surface area contributed by atoms with Crippen LogP contribution in [0.2, 0.25) is 0 Å². The molecule has 0 bridgehead atoms. The van der Waals surface area contributed by atoms with Gasteiger partial charge in [-0.1, -0.05) is 18.2 Å². The molecule has 42 heavy (non-hydrogen) atoms. The molecule has 1 amide bonds. The number of halogens is 8. The summed E-state index contributed by atoms with van der Waals surface area (Å²) in [7, 11) is 0. The number of nitrogens with one attached hydrogen (secondary N) is 2. The monoisotopic (exact) mass is 603 g/mol. The number of aliphatic imine (C=N–C) groups is 1. The second kappa shape index (κ2) is 11.1. The lowest BCUT2D eigenvalue weighted by Crippen LogP contribution is -2.43. The topological polar surface area (TPSA) is 88.1 Å². The molecule has 4 rings (SSSR count). The van der Waals surface area contributed by atoms with E-state index in [1.165, 1.54) is 30.4 Å². The molecule has 1 aromatic heterocycles. The Morgan fingerprint density at radius 1 is 0.952 bits per heavy atom. The van der Waals surface area contributed by atoms with Crippen molar-refractivity contribution < 1.29 is 49.4 Å². The van der Waals surface area contributed by atoms with Gasteiger partial charge in [-0.3, -0.25) is 15.3 Å². The van der Waals surface area contributed by atoms with Gasteiger partial charge < -0.3 is 9.47 Å². The van der Waals surface area contributed by atoms with Crippen molar-refractivity contribution in [1.29, 1.82) is 0 Å². The van der Waals surface area contributed by atoms with Gasteiger partial charge in [-0.05, 0) is 61.9 Å². The van der Waals surface area contributed by atoms with Crippen molar-refractivity contribution in [2.45, 2.75) is 44.1 Å². The number of hydrazine groups is 1. The summed E-state index contributed by atoms with van der Waals surface area (Å²) < 4.78 is 110. The van der Waals surface area contributed by atoms with Crippen LogP contribution in [-0.4, -0.2) is 29.7 Å². The third-order valence-electron chi connectivity index (χ3n) is 5.98. The van der Waals surface area contributed by atoms with Crippen LogP contribution in [0, 0.1) is 0 Å². The number of aromatic nitrogens is 1. The van der Waals surface area contributed by atoms with Crippen LogP contribution >= 0.6 is 0 Å². The number of pyridine rings is 1. The zero-order valence-corrected chi connectivity index (χ0v) is 21.6. The minimum atomic E-state index is -5.87. The highest BCUT2D eigenvalue weighted by atomic mass is 19.4. The highest BCUT2D eigenvalue weighted by Crippen LogP contribution is 2.38. The van der Waals surface area contributed by atoms with E-state index >= 15 is 0 Å². The number of alkyl halides is 8. The number of nitrogens with zero attached hydrogens (tertiary/aromatic N) is 3. The Labute approximate surface area is 232 Å². The maximum absolute atomic E-state index is 13.1. The van der Waals surface area contributed by atoms with Gasteiger partial charge in [0.1, 0.15) is 23.9 Å². The number of benzene rings is 2. The fraction of sp³-hybridized carbons (Fsp3) is 0.269. The van der Waals surface area contributed by atoms with Crippen molar-refractivity contribution in [1.82, 2.24) is 10.4 Å². The number of carbonyl (C=O) groups excluding carboxylic acids is 1. The molecule has 0 fully saturated rings. The number of hydrogen-bond acceptors (Lipinski definition) is 7. The summed E-state index contributed by atoms with van der Waals surface area (Å²) in [4.78, 5) is 20.0. The Bertz CT molecular complexity index is 1430. The lowest BCUT2D eigenvalue weighted by atomic mass is 10.0. The Hall–Kier alpha value is -4.47.